The third kappa shape index (κ3) is 11.0. The van der Waals surface area contributed by atoms with Gasteiger partial charge in [0.25, 0.3) is 5.95 Å². The molecule has 0 amide bonds. The molecule has 0 spiro atoms. The molecule has 2 N–H and O–H groups in total. The van der Waals surface area contributed by atoms with Gasteiger partial charge in [-0.05, 0) is 17.4 Å². The van der Waals surface area contributed by atoms with E-state index in [2.05, 4.69) is 43.1 Å². The number of thiol groups is 1. The number of allylic oxidation sites excluding steroid dienone is 1. The third-order valence-corrected chi connectivity index (χ3v) is 2.11. The summed E-state index contributed by atoms with van der Waals surface area (Å²) < 4.78 is 10.1. The first-order chi connectivity index (χ1) is 8.77. The second kappa shape index (κ2) is 9.39. The maximum Gasteiger partial charge on any atom is 0.274 e. The first-order valence-corrected chi connectivity index (χ1v) is 9.27. The van der Waals surface area contributed by atoms with Gasteiger partial charge in [-0.1, -0.05) is 49.5 Å². The Labute approximate surface area is 124 Å². The van der Waals surface area contributed by atoms with Crippen molar-refractivity contribution in [2.24, 2.45) is 0 Å². The van der Waals surface area contributed by atoms with Crippen LogP contribution < -0.4 is 0 Å². The zero-order chi connectivity index (χ0) is 14.9. The SMILES string of the molecule is COC(=C[C@H](C)c1ccccc1)OC.OP(O)(=S)S. The topological polar surface area (TPSA) is 58.9 Å². The molecule has 0 aromatic heterocycles. The molecule has 0 unspecified atom stereocenters. The van der Waals surface area contributed by atoms with Crippen LogP contribution in [-0.2, 0) is 21.3 Å². The molecule has 0 bridgehead atoms. The summed E-state index contributed by atoms with van der Waals surface area (Å²) in [5.74, 6) is 0.854. The van der Waals surface area contributed by atoms with Crippen molar-refractivity contribution in [2.75, 3.05) is 14.2 Å². The van der Waals surface area contributed by atoms with Crippen LogP contribution in [0.4, 0.5) is 0 Å². The number of benzene rings is 1. The van der Waals surface area contributed by atoms with Gasteiger partial charge >= 0.3 is 0 Å². The second-order valence-corrected chi connectivity index (χ2v) is 8.65. The fourth-order valence-electron chi connectivity index (χ4n) is 1.28. The Morgan fingerprint density at radius 3 is 2.05 bits per heavy atom. The fourth-order valence-corrected chi connectivity index (χ4v) is 1.28. The molecular formula is C12H19O4PS2. The van der Waals surface area contributed by atoms with Gasteiger partial charge in [0.2, 0.25) is 5.69 Å². The van der Waals surface area contributed by atoms with Crippen LogP contribution in [0, 0.1) is 0 Å². The van der Waals surface area contributed by atoms with Crippen molar-refractivity contribution >= 4 is 29.7 Å². The van der Waals surface area contributed by atoms with Crippen molar-refractivity contribution in [3.63, 3.8) is 0 Å². The summed E-state index contributed by atoms with van der Waals surface area (Å²) in [5.41, 5.74) is -1.86. The lowest BCUT2D eigenvalue weighted by molar-refractivity contribution is 0.0935. The Kier molecular flexibility index (Phi) is 9.14. The molecule has 1 aromatic rings. The Morgan fingerprint density at radius 2 is 1.68 bits per heavy atom. The van der Waals surface area contributed by atoms with Gasteiger partial charge in [0, 0.05) is 12.0 Å². The molecule has 4 nitrogen and oxygen atoms in total. The van der Waals surface area contributed by atoms with Crippen molar-refractivity contribution in [2.45, 2.75) is 12.8 Å². The molecule has 1 rings (SSSR count). The minimum Gasteiger partial charge on any atom is -0.469 e. The van der Waals surface area contributed by atoms with Crippen molar-refractivity contribution in [3.05, 3.63) is 47.9 Å². The summed E-state index contributed by atoms with van der Waals surface area (Å²) in [6.45, 7) is 2.10. The Balaban J connectivity index is 0.000000555. The molecule has 19 heavy (non-hydrogen) atoms. The van der Waals surface area contributed by atoms with E-state index in [-0.39, 0.29) is 0 Å². The van der Waals surface area contributed by atoms with E-state index in [0.717, 1.165) is 0 Å². The van der Waals surface area contributed by atoms with Gasteiger partial charge in [0.1, 0.15) is 0 Å². The Bertz CT molecular complexity index is 416. The number of hydrogen-bond acceptors (Lipinski definition) is 3. The van der Waals surface area contributed by atoms with Crippen LogP contribution in [0.25, 0.3) is 0 Å². The molecule has 0 heterocycles. The number of hydrogen-bond donors (Lipinski definition) is 3. The van der Waals surface area contributed by atoms with Crippen LogP contribution in [-0.4, -0.2) is 24.0 Å². The largest absolute Gasteiger partial charge is 0.469 e. The standard InChI is InChI=1S/C12H16O2.H3O2PS2/c1-10(9-12(13-2)14-3)11-7-5-4-6-8-11;1-3(2,4)5/h4-10H,1-3H3;(H3,1,2,4,5)/t10-;/m0./s1. The summed E-state index contributed by atoms with van der Waals surface area (Å²) in [6.07, 6.45) is 1.95. The van der Waals surface area contributed by atoms with Gasteiger partial charge in [-0.25, -0.2) is 0 Å². The summed E-state index contributed by atoms with van der Waals surface area (Å²) in [4.78, 5) is 15.7. The first-order valence-electron chi connectivity index (χ1n) is 5.41. The van der Waals surface area contributed by atoms with Gasteiger partial charge in [-0.15, -0.1) is 0 Å². The molecule has 0 saturated heterocycles. The predicted octanol–water partition coefficient (Wildman–Crippen LogP) is 3.05. The third-order valence-electron chi connectivity index (χ3n) is 2.11. The average molecular weight is 322 g/mol. The molecule has 0 aliphatic heterocycles. The molecule has 0 fully saturated rings. The smallest absolute Gasteiger partial charge is 0.274 e. The summed E-state index contributed by atoms with van der Waals surface area (Å²) in [5, 5.41) is 0. The van der Waals surface area contributed by atoms with Crippen LogP contribution in [0.3, 0.4) is 0 Å². The van der Waals surface area contributed by atoms with Crippen molar-refractivity contribution in [3.8, 4) is 0 Å². The van der Waals surface area contributed by atoms with Gasteiger partial charge in [-0.2, -0.15) is 0 Å². The lowest BCUT2D eigenvalue weighted by atomic mass is 10.0. The quantitative estimate of drug-likeness (QED) is 0.452. The number of ether oxygens (including phenoxy) is 2. The Hall–Kier alpha value is -0.520. The lowest BCUT2D eigenvalue weighted by Gasteiger charge is -2.09. The van der Waals surface area contributed by atoms with E-state index >= 15 is 0 Å². The van der Waals surface area contributed by atoms with Gasteiger partial charge < -0.3 is 19.3 Å². The summed E-state index contributed by atoms with van der Waals surface area (Å²) >= 11 is 7.07. The lowest BCUT2D eigenvalue weighted by Crippen LogP contribution is -1.95. The zero-order valence-electron chi connectivity index (χ0n) is 11.1. The minimum absolute atomic E-state index is 0.297. The van der Waals surface area contributed by atoms with Crippen LogP contribution in [0.15, 0.2) is 42.4 Å². The van der Waals surface area contributed by atoms with Crippen molar-refractivity contribution in [1.82, 2.24) is 0 Å². The van der Waals surface area contributed by atoms with E-state index in [1.807, 2.05) is 24.3 Å². The fraction of sp³-hybridized carbons (Fsp3) is 0.333. The van der Waals surface area contributed by atoms with Crippen LogP contribution in [0.5, 0.6) is 0 Å². The van der Waals surface area contributed by atoms with Crippen LogP contribution in [0.1, 0.15) is 18.4 Å². The van der Waals surface area contributed by atoms with Gasteiger partial charge in [0.15, 0.2) is 0 Å². The van der Waals surface area contributed by atoms with E-state index in [9.17, 15) is 0 Å². The highest BCUT2D eigenvalue weighted by atomic mass is 32.9. The van der Waals surface area contributed by atoms with Gasteiger partial charge in [0.05, 0.1) is 14.2 Å². The van der Waals surface area contributed by atoms with E-state index in [1.54, 1.807) is 14.2 Å². The van der Waals surface area contributed by atoms with E-state index < -0.39 is 5.69 Å². The highest BCUT2D eigenvalue weighted by Crippen LogP contribution is 2.39. The first kappa shape index (κ1) is 18.5. The maximum atomic E-state index is 7.87. The second-order valence-electron chi connectivity index (χ2n) is 3.61. The molecule has 0 saturated carbocycles. The molecule has 7 heteroatoms. The van der Waals surface area contributed by atoms with Crippen LogP contribution in [0.2, 0.25) is 0 Å². The van der Waals surface area contributed by atoms with E-state index in [1.165, 1.54) is 5.56 Å². The van der Waals surface area contributed by atoms with E-state index in [0.29, 0.717) is 11.9 Å². The zero-order valence-corrected chi connectivity index (χ0v) is 13.7. The molecule has 1 aromatic carbocycles. The molecule has 0 aliphatic rings. The molecule has 1 atom stereocenters. The summed E-state index contributed by atoms with van der Waals surface area (Å²) in [7, 11) is 3.21. The molecule has 0 radical (unpaired) electrons. The van der Waals surface area contributed by atoms with E-state index in [4.69, 9.17) is 19.3 Å². The normalized spacial score (nSPS) is 11.7. The van der Waals surface area contributed by atoms with Crippen LogP contribution >= 0.6 is 17.9 Å². The maximum absolute atomic E-state index is 7.87. The predicted molar refractivity (Wildman–Crippen MR) is 84.7 cm³/mol. The minimum atomic E-state index is -3.11. The molecule has 0 aliphatic carbocycles. The van der Waals surface area contributed by atoms with Crippen molar-refractivity contribution in [1.29, 1.82) is 0 Å². The number of rotatable bonds is 4. The number of methoxy groups -OCH3 is 2. The Morgan fingerprint density at radius 1 is 1.26 bits per heavy atom. The molecule has 108 valence electrons. The highest BCUT2D eigenvalue weighted by molar-refractivity contribution is 8.59. The average Bonchev–Trinajstić information content (AvgIpc) is 2.34. The monoisotopic (exact) mass is 322 g/mol. The van der Waals surface area contributed by atoms with Crippen molar-refractivity contribution < 1.29 is 19.3 Å². The summed E-state index contributed by atoms with van der Waals surface area (Å²) in [6, 6.07) is 10.2. The highest BCUT2D eigenvalue weighted by Gasteiger charge is 2.03. The van der Waals surface area contributed by atoms with Gasteiger partial charge in [-0.3, -0.25) is 0 Å². The molecular weight excluding hydrogens is 303 g/mol.